The molecule has 1 aromatic carbocycles. The first-order chi connectivity index (χ1) is 6.79. The van der Waals surface area contributed by atoms with Crippen molar-refractivity contribution in [3.05, 3.63) is 36.0 Å². The summed E-state index contributed by atoms with van der Waals surface area (Å²) < 4.78 is 0. The van der Waals surface area contributed by atoms with Crippen LogP contribution in [-0.2, 0) is 6.54 Å². The van der Waals surface area contributed by atoms with E-state index < -0.39 is 0 Å². The number of nitrogen functional groups attached to an aromatic ring is 1. The third kappa shape index (κ3) is 1.76. The van der Waals surface area contributed by atoms with Gasteiger partial charge >= 0.3 is 0 Å². The molecular formula is C10H11N3S. The Morgan fingerprint density at radius 3 is 2.86 bits per heavy atom. The zero-order chi connectivity index (χ0) is 9.97. The molecule has 0 spiro atoms. The molecule has 0 aliphatic carbocycles. The number of thiazole rings is 1. The minimum atomic E-state index is 0.558. The van der Waals surface area contributed by atoms with Gasteiger partial charge in [-0.2, -0.15) is 0 Å². The molecule has 0 saturated carbocycles. The van der Waals surface area contributed by atoms with Crippen LogP contribution in [0, 0.1) is 0 Å². The van der Waals surface area contributed by atoms with Gasteiger partial charge in [0, 0.05) is 12.7 Å². The van der Waals surface area contributed by atoms with Gasteiger partial charge in [0.15, 0.2) is 5.13 Å². The van der Waals surface area contributed by atoms with Crippen molar-refractivity contribution >= 4 is 16.5 Å². The largest absolute Gasteiger partial charge is 0.375 e. The van der Waals surface area contributed by atoms with Crippen LogP contribution in [0.1, 0.15) is 5.56 Å². The molecule has 14 heavy (non-hydrogen) atoms. The molecule has 4 N–H and O–H groups in total. The van der Waals surface area contributed by atoms with Crippen molar-refractivity contribution in [2.24, 2.45) is 5.73 Å². The molecule has 0 fully saturated rings. The van der Waals surface area contributed by atoms with Gasteiger partial charge in [0.1, 0.15) is 0 Å². The molecule has 72 valence electrons. The van der Waals surface area contributed by atoms with Gasteiger partial charge in [0.05, 0.1) is 4.88 Å². The molecule has 1 aromatic heterocycles. The normalized spacial score (nSPS) is 10.4. The lowest BCUT2D eigenvalue weighted by molar-refractivity contribution is 1.07. The first-order valence-electron chi connectivity index (χ1n) is 4.30. The van der Waals surface area contributed by atoms with Crippen LogP contribution in [0.3, 0.4) is 0 Å². The molecule has 0 saturated heterocycles. The number of rotatable bonds is 2. The minimum absolute atomic E-state index is 0.558. The van der Waals surface area contributed by atoms with Crippen LogP contribution >= 0.6 is 11.3 Å². The van der Waals surface area contributed by atoms with Crippen molar-refractivity contribution in [3.63, 3.8) is 0 Å². The summed E-state index contributed by atoms with van der Waals surface area (Å²) in [5.41, 5.74) is 13.4. The Morgan fingerprint density at radius 2 is 2.21 bits per heavy atom. The number of anilines is 1. The molecule has 0 atom stereocenters. The van der Waals surface area contributed by atoms with Crippen LogP contribution in [0.4, 0.5) is 5.13 Å². The van der Waals surface area contributed by atoms with Crippen molar-refractivity contribution in [2.45, 2.75) is 6.54 Å². The lowest BCUT2D eigenvalue weighted by Crippen LogP contribution is -1.95. The molecule has 0 unspecified atom stereocenters. The van der Waals surface area contributed by atoms with Crippen molar-refractivity contribution in [1.82, 2.24) is 4.98 Å². The van der Waals surface area contributed by atoms with Crippen LogP contribution in [-0.4, -0.2) is 4.98 Å². The second kappa shape index (κ2) is 3.77. The second-order valence-corrected chi connectivity index (χ2v) is 4.03. The number of benzene rings is 1. The molecule has 1 heterocycles. The molecule has 0 aliphatic rings. The predicted octanol–water partition coefficient (Wildman–Crippen LogP) is 1.85. The zero-order valence-electron chi connectivity index (χ0n) is 7.60. The fourth-order valence-corrected chi connectivity index (χ4v) is 1.95. The Morgan fingerprint density at radius 1 is 1.36 bits per heavy atom. The third-order valence-corrected chi connectivity index (χ3v) is 2.85. The van der Waals surface area contributed by atoms with E-state index in [0.717, 1.165) is 16.0 Å². The molecule has 0 bridgehead atoms. The van der Waals surface area contributed by atoms with Crippen molar-refractivity contribution in [2.75, 3.05) is 5.73 Å². The molecule has 4 heteroatoms. The van der Waals surface area contributed by atoms with E-state index in [2.05, 4.69) is 11.1 Å². The van der Waals surface area contributed by atoms with E-state index >= 15 is 0 Å². The molecule has 0 radical (unpaired) electrons. The monoisotopic (exact) mass is 205 g/mol. The van der Waals surface area contributed by atoms with Crippen LogP contribution < -0.4 is 11.5 Å². The van der Waals surface area contributed by atoms with Crippen LogP contribution in [0.2, 0.25) is 0 Å². The molecule has 3 nitrogen and oxygen atoms in total. The summed E-state index contributed by atoms with van der Waals surface area (Å²) in [5, 5.41) is 0.596. The average Bonchev–Trinajstić information content (AvgIpc) is 2.65. The SMILES string of the molecule is NCc1cccc(-c2cnc(N)s2)c1. The Labute approximate surface area is 86.4 Å². The van der Waals surface area contributed by atoms with Crippen LogP contribution in [0.15, 0.2) is 30.5 Å². The Hall–Kier alpha value is -1.39. The van der Waals surface area contributed by atoms with E-state index in [9.17, 15) is 0 Å². The van der Waals surface area contributed by atoms with E-state index in [1.807, 2.05) is 18.2 Å². The highest BCUT2D eigenvalue weighted by Crippen LogP contribution is 2.27. The Kier molecular flexibility index (Phi) is 2.47. The van der Waals surface area contributed by atoms with Crippen molar-refractivity contribution < 1.29 is 0 Å². The van der Waals surface area contributed by atoms with Crippen LogP contribution in [0.25, 0.3) is 10.4 Å². The van der Waals surface area contributed by atoms with Crippen molar-refractivity contribution in [1.29, 1.82) is 0 Å². The standard InChI is InChI=1S/C10H11N3S/c11-5-7-2-1-3-8(4-7)9-6-13-10(12)14-9/h1-4,6H,5,11H2,(H2,12,13). The lowest BCUT2D eigenvalue weighted by atomic mass is 10.1. The number of hydrogen-bond donors (Lipinski definition) is 2. The van der Waals surface area contributed by atoms with Gasteiger partial charge in [-0.15, -0.1) is 0 Å². The second-order valence-electron chi connectivity index (χ2n) is 2.97. The summed E-state index contributed by atoms with van der Waals surface area (Å²) in [5.74, 6) is 0. The lowest BCUT2D eigenvalue weighted by Gasteiger charge is -1.99. The van der Waals surface area contributed by atoms with Gasteiger partial charge in [0.25, 0.3) is 0 Å². The van der Waals surface area contributed by atoms with Gasteiger partial charge in [-0.05, 0) is 17.2 Å². The first kappa shape index (κ1) is 9.18. The maximum absolute atomic E-state index is 5.57. The minimum Gasteiger partial charge on any atom is -0.375 e. The van der Waals surface area contributed by atoms with E-state index in [-0.39, 0.29) is 0 Å². The smallest absolute Gasteiger partial charge is 0.180 e. The third-order valence-electron chi connectivity index (χ3n) is 1.97. The number of aromatic nitrogens is 1. The maximum atomic E-state index is 5.57. The van der Waals surface area contributed by atoms with Gasteiger partial charge in [-0.1, -0.05) is 29.5 Å². The van der Waals surface area contributed by atoms with E-state index in [4.69, 9.17) is 11.5 Å². The summed E-state index contributed by atoms with van der Waals surface area (Å²) in [6, 6.07) is 8.10. The first-order valence-corrected chi connectivity index (χ1v) is 5.12. The number of hydrogen-bond acceptors (Lipinski definition) is 4. The van der Waals surface area contributed by atoms with E-state index in [1.54, 1.807) is 6.20 Å². The molecule has 2 aromatic rings. The van der Waals surface area contributed by atoms with Gasteiger partial charge in [-0.25, -0.2) is 4.98 Å². The highest BCUT2D eigenvalue weighted by molar-refractivity contribution is 7.18. The molecule has 0 amide bonds. The summed E-state index contributed by atoms with van der Waals surface area (Å²) >= 11 is 1.49. The molecule has 2 rings (SSSR count). The van der Waals surface area contributed by atoms with Gasteiger partial charge < -0.3 is 11.5 Å². The van der Waals surface area contributed by atoms with Crippen LogP contribution in [0.5, 0.6) is 0 Å². The summed E-state index contributed by atoms with van der Waals surface area (Å²) in [6.07, 6.45) is 1.79. The topological polar surface area (TPSA) is 64.9 Å². The number of nitrogens with zero attached hydrogens (tertiary/aromatic N) is 1. The Balaban J connectivity index is 2.41. The maximum Gasteiger partial charge on any atom is 0.180 e. The quantitative estimate of drug-likeness (QED) is 0.786. The zero-order valence-corrected chi connectivity index (χ0v) is 8.42. The van der Waals surface area contributed by atoms with Crippen molar-refractivity contribution in [3.8, 4) is 10.4 Å². The number of nitrogens with two attached hydrogens (primary N) is 2. The predicted molar refractivity (Wildman–Crippen MR) is 59.9 cm³/mol. The fraction of sp³-hybridized carbons (Fsp3) is 0.100. The summed E-state index contributed by atoms with van der Waals surface area (Å²) in [6.45, 7) is 0.558. The average molecular weight is 205 g/mol. The van der Waals surface area contributed by atoms with Gasteiger partial charge in [0.2, 0.25) is 0 Å². The Bertz CT molecular complexity index is 436. The highest BCUT2D eigenvalue weighted by Gasteiger charge is 2.02. The van der Waals surface area contributed by atoms with E-state index in [0.29, 0.717) is 11.7 Å². The van der Waals surface area contributed by atoms with Gasteiger partial charge in [-0.3, -0.25) is 0 Å². The summed E-state index contributed by atoms with van der Waals surface area (Å²) in [7, 11) is 0. The summed E-state index contributed by atoms with van der Waals surface area (Å²) in [4.78, 5) is 5.09. The molecule has 0 aliphatic heterocycles. The molecular weight excluding hydrogens is 194 g/mol. The van der Waals surface area contributed by atoms with E-state index in [1.165, 1.54) is 11.3 Å². The fourth-order valence-electron chi connectivity index (χ4n) is 1.27. The highest BCUT2D eigenvalue weighted by atomic mass is 32.1.